The first-order valence-corrected chi connectivity index (χ1v) is 9.45. The van der Waals surface area contributed by atoms with Crippen molar-refractivity contribution in [3.8, 4) is 6.07 Å². The van der Waals surface area contributed by atoms with E-state index < -0.39 is 11.9 Å². The SMILES string of the molecule is CCOC(=O)C(C#N)c1nc2ccccc2nc1N(CC(C)C)CC(C)C. The molecule has 1 heterocycles. The van der Waals surface area contributed by atoms with E-state index in [-0.39, 0.29) is 6.61 Å². The molecule has 0 amide bonds. The average Bonchev–Trinajstić information content (AvgIpc) is 2.60. The molecule has 1 unspecified atom stereocenters. The topological polar surface area (TPSA) is 79.1 Å². The summed E-state index contributed by atoms with van der Waals surface area (Å²) in [4.78, 5) is 24.0. The van der Waals surface area contributed by atoms with Crippen LogP contribution in [0.2, 0.25) is 0 Å². The van der Waals surface area contributed by atoms with Gasteiger partial charge in [-0.25, -0.2) is 9.97 Å². The van der Waals surface area contributed by atoms with Crippen LogP contribution in [0.4, 0.5) is 5.82 Å². The Morgan fingerprint density at radius 3 is 2.15 bits per heavy atom. The smallest absolute Gasteiger partial charge is 0.329 e. The number of hydrogen-bond acceptors (Lipinski definition) is 6. The summed E-state index contributed by atoms with van der Waals surface area (Å²) >= 11 is 0. The van der Waals surface area contributed by atoms with Crippen molar-refractivity contribution in [1.82, 2.24) is 9.97 Å². The highest BCUT2D eigenvalue weighted by molar-refractivity contribution is 5.85. The molecule has 0 saturated carbocycles. The number of nitrogens with zero attached hydrogens (tertiary/aromatic N) is 4. The number of aromatic nitrogens is 2. The number of rotatable bonds is 8. The minimum atomic E-state index is -1.10. The maximum atomic E-state index is 12.4. The molecule has 1 aromatic carbocycles. The zero-order chi connectivity index (χ0) is 20.0. The first-order chi connectivity index (χ1) is 12.9. The van der Waals surface area contributed by atoms with Crippen molar-refractivity contribution < 1.29 is 9.53 Å². The van der Waals surface area contributed by atoms with Gasteiger partial charge in [0, 0.05) is 13.1 Å². The molecule has 144 valence electrons. The van der Waals surface area contributed by atoms with Crippen molar-refractivity contribution in [3.05, 3.63) is 30.0 Å². The summed E-state index contributed by atoms with van der Waals surface area (Å²) in [5.74, 6) is -0.296. The predicted molar refractivity (Wildman–Crippen MR) is 106 cm³/mol. The van der Waals surface area contributed by atoms with Gasteiger partial charge in [0.05, 0.1) is 23.7 Å². The second kappa shape index (κ2) is 9.31. The Morgan fingerprint density at radius 2 is 1.67 bits per heavy atom. The lowest BCUT2D eigenvalue weighted by Crippen LogP contribution is -2.34. The number of benzene rings is 1. The molecule has 0 fully saturated rings. The summed E-state index contributed by atoms with van der Waals surface area (Å²) in [6.07, 6.45) is 0. The molecule has 0 N–H and O–H groups in total. The molecule has 0 saturated heterocycles. The van der Waals surface area contributed by atoms with Crippen LogP contribution >= 0.6 is 0 Å². The Morgan fingerprint density at radius 1 is 1.11 bits per heavy atom. The summed E-state index contributed by atoms with van der Waals surface area (Å²) in [6, 6.07) is 9.57. The van der Waals surface area contributed by atoms with Crippen molar-refractivity contribution in [2.24, 2.45) is 11.8 Å². The van der Waals surface area contributed by atoms with Gasteiger partial charge in [-0.05, 0) is 30.9 Å². The third-order valence-corrected chi connectivity index (χ3v) is 3.97. The van der Waals surface area contributed by atoms with Gasteiger partial charge in [-0.3, -0.25) is 4.79 Å². The summed E-state index contributed by atoms with van der Waals surface area (Å²) in [5, 5.41) is 9.68. The van der Waals surface area contributed by atoms with Gasteiger partial charge in [0.2, 0.25) is 0 Å². The Kier molecular flexibility index (Phi) is 7.12. The molecule has 2 aromatic rings. The molecular formula is C21H28N4O2. The maximum absolute atomic E-state index is 12.4. The maximum Gasteiger partial charge on any atom is 0.329 e. The van der Waals surface area contributed by atoms with E-state index in [9.17, 15) is 10.1 Å². The van der Waals surface area contributed by atoms with Crippen molar-refractivity contribution in [3.63, 3.8) is 0 Å². The zero-order valence-corrected chi connectivity index (χ0v) is 16.8. The highest BCUT2D eigenvalue weighted by atomic mass is 16.5. The third-order valence-electron chi connectivity index (χ3n) is 3.97. The Hall–Kier alpha value is -2.68. The standard InChI is InChI=1S/C21H28N4O2/c1-6-27-21(26)16(11-22)19-20(25(12-14(2)3)13-15(4)5)24-18-10-8-7-9-17(18)23-19/h7-10,14-16H,6,12-13H2,1-5H3. The molecule has 0 bridgehead atoms. The van der Waals surface area contributed by atoms with Gasteiger partial charge in [-0.15, -0.1) is 0 Å². The number of esters is 1. The van der Waals surface area contributed by atoms with Crippen LogP contribution in [0.3, 0.4) is 0 Å². The van der Waals surface area contributed by atoms with E-state index in [1.807, 2.05) is 24.3 Å². The van der Waals surface area contributed by atoms with Gasteiger partial charge >= 0.3 is 5.97 Å². The van der Waals surface area contributed by atoms with E-state index in [1.54, 1.807) is 6.92 Å². The minimum absolute atomic E-state index is 0.217. The fraction of sp³-hybridized carbons (Fsp3) is 0.524. The van der Waals surface area contributed by atoms with Gasteiger partial charge in [-0.2, -0.15) is 5.26 Å². The molecular weight excluding hydrogens is 340 g/mol. The first-order valence-electron chi connectivity index (χ1n) is 9.45. The van der Waals surface area contributed by atoms with Crippen LogP contribution in [0, 0.1) is 23.2 Å². The number of carbonyl (C=O) groups excluding carboxylic acids is 1. The van der Waals surface area contributed by atoms with Crippen LogP contribution in [0.1, 0.15) is 46.2 Å². The van der Waals surface area contributed by atoms with Crippen molar-refractivity contribution in [2.75, 3.05) is 24.6 Å². The van der Waals surface area contributed by atoms with E-state index in [1.165, 1.54) is 0 Å². The monoisotopic (exact) mass is 368 g/mol. The summed E-state index contributed by atoms with van der Waals surface area (Å²) in [7, 11) is 0. The second-order valence-corrected chi connectivity index (χ2v) is 7.43. The highest BCUT2D eigenvalue weighted by Crippen LogP contribution is 2.29. The van der Waals surface area contributed by atoms with E-state index in [0.717, 1.165) is 18.6 Å². The summed E-state index contributed by atoms with van der Waals surface area (Å²) in [5.41, 5.74) is 1.78. The third kappa shape index (κ3) is 5.16. The quantitative estimate of drug-likeness (QED) is 0.657. The number of para-hydroxylation sites is 2. The van der Waals surface area contributed by atoms with Crippen LogP contribution in [-0.2, 0) is 9.53 Å². The Balaban J connectivity index is 2.66. The lowest BCUT2D eigenvalue weighted by Gasteiger charge is -2.29. The molecule has 1 aromatic heterocycles. The zero-order valence-electron chi connectivity index (χ0n) is 16.8. The van der Waals surface area contributed by atoms with Gasteiger partial charge < -0.3 is 9.64 Å². The van der Waals surface area contributed by atoms with E-state index in [4.69, 9.17) is 9.72 Å². The van der Waals surface area contributed by atoms with E-state index >= 15 is 0 Å². The molecule has 2 rings (SSSR count). The van der Waals surface area contributed by atoms with E-state index in [0.29, 0.717) is 28.9 Å². The summed E-state index contributed by atoms with van der Waals surface area (Å²) in [6.45, 7) is 12.0. The molecule has 1 atom stereocenters. The lowest BCUT2D eigenvalue weighted by molar-refractivity contribution is -0.143. The van der Waals surface area contributed by atoms with Crippen molar-refractivity contribution >= 4 is 22.8 Å². The molecule has 0 spiro atoms. The molecule has 0 radical (unpaired) electrons. The van der Waals surface area contributed by atoms with Crippen LogP contribution < -0.4 is 4.90 Å². The van der Waals surface area contributed by atoms with E-state index in [2.05, 4.69) is 43.6 Å². The number of anilines is 1. The van der Waals surface area contributed by atoms with Gasteiger partial charge in [0.25, 0.3) is 0 Å². The number of hydrogen-bond donors (Lipinski definition) is 0. The van der Waals surface area contributed by atoms with Crippen molar-refractivity contribution in [1.29, 1.82) is 5.26 Å². The average molecular weight is 368 g/mol. The molecule has 0 aliphatic carbocycles. The van der Waals surface area contributed by atoms with Crippen LogP contribution in [-0.4, -0.2) is 35.6 Å². The second-order valence-electron chi connectivity index (χ2n) is 7.43. The van der Waals surface area contributed by atoms with Crippen molar-refractivity contribution in [2.45, 2.75) is 40.5 Å². The van der Waals surface area contributed by atoms with Crippen LogP contribution in [0.5, 0.6) is 0 Å². The normalized spacial score (nSPS) is 12.2. The molecule has 27 heavy (non-hydrogen) atoms. The van der Waals surface area contributed by atoms with Gasteiger partial charge in [0.1, 0.15) is 5.69 Å². The molecule has 0 aliphatic heterocycles. The highest BCUT2D eigenvalue weighted by Gasteiger charge is 2.30. The van der Waals surface area contributed by atoms with Gasteiger partial charge in [0.15, 0.2) is 11.7 Å². The lowest BCUT2D eigenvalue weighted by atomic mass is 10.0. The van der Waals surface area contributed by atoms with Crippen LogP contribution in [0.15, 0.2) is 24.3 Å². The molecule has 0 aliphatic rings. The first kappa shape index (κ1) is 20.6. The number of ether oxygens (including phenoxy) is 1. The Labute approximate surface area is 161 Å². The predicted octanol–water partition coefficient (Wildman–Crippen LogP) is 3.92. The fourth-order valence-corrected chi connectivity index (χ4v) is 3.01. The molecule has 6 nitrogen and oxygen atoms in total. The minimum Gasteiger partial charge on any atom is -0.465 e. The van der Waals surface area contributed by atoms with Crippen LogP contribution in [0.25, 0.3) is 11.0 Å². The molecule has 6 heteroatoms. The number of nitriles is 1. The fourth-order valence-electron chi connectivity index (χ4n) is 3.01. The largest absolute Gasteiger partial charge is 0.465 e. The number of carbonyl (C=O) groups is 1. The van der Waals surface area contributed by atoms with Gasteiger partial charge in [-0.1, -0.05) is 39.8 Å². The number of fused-ring (bicyclic) bond motifs is 1. The summed E-state index contributed by atoms with van der Waals surface area (Å²) < 4.78 is 5.11. The Bertz CT molecular complexity index is 817.